The SMILES string of the molecule is Cc1cc(C)c(OCc2ccccc2)c(N)c1N. The van der Waals surface area contributed by atoms with Gasteiger partial charge in [-0.1, -0.05) is 36.4 Å². The summed E-state index contributed by atoms with van der Waals surface area (Å²) >= 11 is 0. The first-order valence-corrected chi connectivity index (χ1v) is 5.91. The van der Waals surface area contributed by atoms with Gasteiger partial charge in [0.1, 0.15) is 12.4 Å². The van der Waals surface area contributed by atoms with Crippen LogP contribution in [0.15, 0.2) is 36.4 Å². The molecule has 0 heterocycles. The quantitative estimate of drug-likeness (QED) is 0.813. The molecule has 18 heavy (non-hydrogen) atoms. The van der Waals surface area contributed by atoms with Gasteiger partial charge in [0.25, 0.3) is 0 Å². The van der Waals surface area contributed by atoms with Crippen LogP contribution in [0.25, 0.3) is 0 Å². The molecule has 3 heteroatoms. The van der Waals surface area contributed by atoms with Gasteiger partial charge < -0.3 is 16.2 Å². The standard InChI is InChI=1S/C15H18N2O/c1-10-8-11(2)15(14(17)13(10)16)18-9-12-6-4-3-5-7-12/h3-8H,9,16-17H2,1-2H3. The lowest BCUT2D eigenvalue weighted by Gasteiger charge is -2.15. The molecule has 3 nitrogen and oxygen atoms in total. The van der Waals surface area contributed by atoms with Crippen LogP contribution in [0.1, 0.15) is 16.7 Å². The number of rotatable bonds is 3. The van der Waals surface area contributed by atoms with E-state index in [9.17, 15) is 0 Å². The van der Waals surface area contributed by atoms with Crippen LogP contribution in [0.4, 0.5) is 11.4 Å². The lowest BCUT2D eigenvalue weighted by Crippen LogP contribution is -2.05. The Kier molecular flexibility index (Phi) is 3.42. The molecule has 2 rings (SSSR count). The summed E-state index contributed by atoms with van der Waals surface area (Å²) in [6, 6.07) is 12.0. The fourth-order valence-electron chi connectivity index (χ4n) is 1.94. The number of anilines is 2. The summed E-state index contributed by atoms with van der Waals surface area (Å²) < 4.78 is 5.78. The number of hydrogen-bond acceptors (Lipinski definition) is 3. The van der Waals surface area contributed by atoms with Crippen molar-refractivity contribution < 1.29 is 4.74 Å². The minimum Gasteiger partial charge on any atom is -0.486 e. The van der Waals surface area contributed by atoms with Crippen LogP contribution in [-0.2, 0) is 6.61 Å². The molecular weight excluding hydrogens is 224 g/mol. The second kappa shape index (κ2) is 5.00. The lowest BCUT2D eigenvalue weighted by atomic mass is 10.1. The van der Waals surface area contributed by atoms with Crippen molar-refractivity contribution in [3.63, 3.8) is 0 Å². The van der Waals surface area contributed by atoms with Crippen LogP contribution >= 0.6 is 0 Å². The van der Waals surface area contributed by atoms with Gasteiger partial charge in [-0.2, -0.15) is 0 Å². The smallest absolute Gasteiger partial charge is 0.147 e. The fraction of sp³-hybridized carbons (Fsp3) is 0.200. The van der Waals surface area contributed by atoms with E-state index in [-0.39, 0.29) is 0 Å². The van der Waals surface area contributed by atoms with Crippen molar-refractivity contribution in [2.75, 3.05) is 11.5 Å². The first kappa shape index (κ1) is 12.3. The Morgan fingerprint density at radius 1 is 0.944 bits per heavy atom. The van der Waals surface area contributed by atoms with Gasteiger partial charge in [0.15, 0.2) is 0 Å². The third-order valence-electron chi connectivity index (χ3n) is 2.98. The van der Waals surface area contributed by atoms with Crippen molar-refractivity contribution >= 4 is 11.4 Å². The van der Waals surface area contributed by atoms with E-state index >= 15 is 0 Å². The van der Waals surface area contributed by atoms with Gasteiger partial charge in [0, 0.05) is 0 Å². The summed E-state index contributed by atoms with van der Waals surface area (Å²) in [7, 11) is 0. The highest BCUT2D eigenvalue weighted by atomic mass is 16.5. The van der Waals surface area contributed by atoms with Crippen LogP contribution in [0.3, 0.4) is 0 Å². The zero-order chi connectivity index (χ0) is 13.1. The molecule has 94 valence electrons. The second-order valence-electron chi connectivity index (χ2n) is 4.44. The summed E-state index contributed by atoms with van der Waals surface area (Å²) in [4.78, 5) is 0. The van der Waals surface area contributed by atoms with Crippen LogP contribution in [0.5, 0.6) is 5.75 Å². The third-order valence-corrected chi connectivity index (χ3v) is 2.98. The van der Waals surface area contributed by atoms with Gasteiger partial charge in [0.2, 0.25) is 0 Å². The van der Waals surface area contributed by atoms with E-state index in [4.69, 9.17) is 16.2 Å². The molecule has 0 radical (unpaired) electrons. The van der Waals surface area contributed by atoms with Gasteiger partial charge in [-0.05, 0) is 30.5 Å². The van der Waals surface area contributed by atoms with Crippen LogP contribution in [0.2, 0.25) is 0 Å². The molecule has 0 aliphatic heterocycles. The average molecular weight is 242 g/mol. The molecular formula is C15H18N2O. The summed E-state index contributed by atoms with van der Waals surface area (Å²) in [6.07, 6.45) is 0. The molecule has 0 spiro atoms. The maximum Gasteiger partial charge on any atom is 0.147 e. The molecule has 0 amide bonds. The largest absolute Gasteiger partial charge is 0.486 e. The first-order chi connectivity index (χ1) is 8.59. The Morgan fingerprint density at radius 2 is 1.61 bits per heavy atom. The van der Waals surface area contributed by atoms with E-state index in [0.717, 1.165) is 16.7 Å². The molecule has 0 aromatic heterocycles. The molecule has 0 unspecified atom stereocenters. The highest BCUT2D eigenvalue weighted by molar-refractivity contribution is 5.75. The summed E-state index contributed by atoms with van der Waals surface area (Å²) in [5.41, 5.74) is 16.1. The van der Waals surface area contributed by atoms with Crippen molar-refractivity contribution in [2.45, 2.75) is 20.5 Å². The van der Waals surface area contributed by atoms with Crippen LogP contribution in [0, 0.1) is 13.8 Å². The van der Waals surface area contributed by atoms with Gasteiger partial charge in [-0.25, -0.2) is 0 Å². The molecule has 2 aromatic carbocycles. The fourth-order valence-corrected chi connectivity index (χ4v) is 1.94. The van der Waals surface area contributed by atoms with E-state index in [1.54, 1.807) is 0 Å². The molecule has 0 bridgehead atoms. The normalized spacial score (nSPS) is 10.3. The Labute approximate surface area is 107 Å². The lowest BCUT2D eigenvalue weighted by molar-refractivity contribution is 0.306. The van der Waals surface area contributed by atoms with Gasteiger partial charge >= 0.3 is 0 Å². The predicted molar refractivity (Wildman–Crippen MR) is 75.5 cm³/mol. The number of ether oxygens (including phenoxy) is 1. The Morgan fingerprint density at radius 3 is 2.28 bits per heavy atom. The monoisotopic (exact) mass is 242 g/mol. The zero-order valence-corrected chi connectivity index (χ0v) is 10.7. The summed E-state index contributed by atoms with van der Waals surface area (Å²) in [5, 5.41) is 0. The van der Waals surface area contributed by atoms with Crippen LogP contribution < -0.4 is 16.2 Å². The zero-order valence-electron chi connectivity index (χ0n) is 10.7. The topological polar surface area (TPSA) is 61.3 Å². The molecule has 0 fully saturated rings. The van der Waals surface area contributed by atoms with E-state index < -0.39 is 0 Å². The predicted octanol–water partition coefficient (Wildman–Crippen LogP) is 3.05. The minimum atomic E-state index is 0.494. The van der Waals surface area contributed by atoms with Crippen molar-refractivity contribution in [1.82, 2.24) is 0 Å². The Balaban J connectivity index is 2.22. The van der Waals surface area contributed by atoms with Crippen molar-refractivity contribution in [1.29, 1.82) is 0 Å². The van der Waals surface area contributed by atoms with Gasteiger partial charge in [0.05, 0.1) is 11.4 Å². The summed E-state index contributed by atoms with van der Waals surface area (Å²) in [5.74, 6) is 0.682. The van der Waals surface area contributed by atoms with Gasteiger partial charge in [-0.3, -0.25) is 0 Å². The number of benzene rings is 2. The minimum absolute atomic E-state index is 0.494. The molecule has 4 N–H and O–H groups in total. The maximum absolute atomic E-state index is 6.00. The molecule has 0 saturated carbocycles. The number of nitrogen functional groups attached to an aromatic ring is 2. The molecule has 0 atom stereocenters. The highest BCUT2D eigenvalue weighted by Gasteiger charge is 2.10. The Bertz CT molecular complexity index is 550. The number of hydrogen-bond donors (Lipinski definition) is 2. The number of aryl methyl sites for hydroxylation is 2. The Hall–Kier alpha value is -2.16. The molecule has 0 saturated heterocycles. The van der Waals surface area contributed by atoms with Crippen molar-refractivity contribution in [3.8, 4) is 5.75 Å². The molecule has 0 aliphatic carbocycles. The van der Waals surface area contributed by atoms with Crippen LogP contribution in [-0.4, -0.2) is 0 Å². The van der Waals surface area contributed by atoms with E-state index in [2.05, 4.69) is 0 Å². The van der Waals surface area contributed by atoms with E-state index in [1.807, 2.05) is 50.2 Å². The van der Waals surface area contributed by atoms with Gasteiger partial charge in [-0.15, -0.1) is 0 Å². The maximum atomic E-state index is 6.00. The number of nitrogens with two attached hydrogens (primary N) is 2. The highest BCUT2D eigenvalue weighted by Crippen LogP contribution is 2.34. The summed E-state index contributed by atoms with van der Waals surface area (Å²) in [6.45, 7) is 4.41. The van der Waals surface area contributed by atoms with E-state index in [0.29, 0.717) is 23.7 Å². The first-order valence-electron chi connectivity index (χ1n) is 5.91. The van der Waals surface area contributed by atoms with Crippen molar-refractivity contribution in [2.24, 2.45) is 0 Å². The molecule has 2 aromatic rings. The third kappa shape index (κ3) is 2.40. The average Bonchev–Trinajstić information content (AvgIpc) is 2.37. The second-order valence-corrected chi connectivity index (χ2v) is 4.44. The molecule has 0 aliphatic rings. The van der Waals surface area contributed by atoms with E-state index in [1.165, 1.54) is 0 Å². The van der Waals surface area contributed by atoms with Crippen molar-refractivity contribution in [3.05, 3.63) is 53.1 Å².